The number of nitrogens with two attached hydrogens (primary N) is 1. The van der Waals surface area contributed by atoms with Gasteiger partial charge in [-0.1, -0.05) is 0 Å². The Hall–Kier alpha value is -2.50. The third-order valence-corrected chi connectivity index (χ3v) is 3.27. The zero-order valence-corrected chi connectivity index (χ0v) is 12.4. The summed E-state index contributed by atoms with van der Waals surface area (Å²) >= 11 is 0. The van der Waals surface area contributed by atoms with Crippen molar-refractivity contribution in [3.8, 4) is 0 Å². The number of benzene rings is 1. The van der Waals surface area contributed by atoms with E-state index in [9.17, 15) is 4.79 Å². The summed E-state index contributed by atoms with van der Waals surface area (Å²) < 4.78 is 1.85. The highest BCUT2D eigenvalue weighted by Crippen LogP contribution is 2.19. The van der Waals surface area contributed by atoms with Gasteiger partial charge in [-0.15, -0.1) is 0 Å². The van der Waals surface area contributed by atoms with Gasteiger partial charge in [0.15, 0.2) is 0 Å². The summed E-state index contributed by atoms with van der Waals surface area (Å²) in [6, 6.07) is 7.29. The molecule has 1 aromatic carbocycles. The summed E-state index contributed by atoms with van der Waals surface area (Å²) in [7, 11) is 1.92. The van der Waals surface area contributed by atoms with E-state index in [0.717, 1.165) is 24.3 Å². The van der Waals surface area contributed by atoms with E-state index in [2.05, 4.69) is 15.7 Å². The number of nitrogen functional groups attached to an aromatic ring is 1. The van der Waals surface area contributed by atoms with Gasteiger partial charge >= 0.3 is 0 Å². The van der Waals surface area contributed by atoms with Gasteiger partial charge in [0.25, 0.3) is 5.91 Å². The Morgan fingerprint density at radius 1 is 1.38 bits per heavy atom. The molecule has 0 radical (unpaired) electrons. The fraction of sp³-hybridized carbons (Fsp3) is 0.333. The maximum Gasteiger partial charge on any atom is 0.251 e. The van der Waals surface area contributed by atoms with Crippen molar-refractivity contribution >= 4 is 17.3 Å². The van der Waals surface area contributed by atoms with Crippen LogP contribution in [0, 0.1) is 0 Å². The lowest BCUT2D eigenvalue weighted by Crippen LogP contribution is -2.22. The first-order valence-corrected chi connectivity index (χ1v) is 7.00. The lowest BCUT2D eigenvalue weighted by atomic mass is 10.1. The predicted octanol–water partition coefficient (Wildman–Crippen LogP) is 1.41. The van der Waals surface area contributed by atoms with Crippen LogP contribution in [-0.4, -0.2) is 28.8 Å². The van der Waals surface area contributed by atoms with Crippen molar-refractivity contribution in [1.29, 1.82) is 0 Å². The van der Waals surface area contributed by atoms with E-state index >= 15 is 0 Å². The van der Waals surface area contributed by atoms with Crippen molar-refractivity contribution in [3.63, 3.8) is 0 Å². The Labute approximate surface area is 124 Å². The Balaban J connectivity index is 1.95. The third kappa shape index (κ3) is 3.75. The minimum atomic E-state index is -0.106. The van der Waals surface area contributed by atoms with Crippen LogP contribution in [-0.2, 0) is 13.5 Å². The van der Waals surface area contributed by atoms with E-state index in [-0.39, 0.29) is 5.91 Å². The summed E-state index contributed by atoms with van der Waals surface area (Å²) in [5.41, 5.74) is 9.12. The molecule has 1 aromatic heterocycles. The molecule has 112 valence electrons. The third-order valence-electron chi connectivity index (χ3n) is 3.27. The van der Waals surface area contributed by atoms with Gasteiger partial charge in [0.05, 0.1) is 11.4 Å². The van der Waals surface area contributed by atoms with E-state index in [0.29, 0.717) is 17.8 Å². The fourth-order valence-corrected chi connectivity index (χ4v) is 2.10. The van der Waals surface area contributed by atoms with E-state index in [4.69, 9.17) is 5.73 Å². The Bertz CT molecular complexity index is 620. The maximum atomic E-state index is 11.7. The molecule has 6 heteroatoms. The molecule has 1 amide bonds. The van der Waals surface area contributed by atoms with Gasteiger partial charge in [0, 0.05) is 44.0 Å². The monoisotopic (exact) mass is 287 g/mol. The number of aromatic nitrogens is 2. The predicted molar refractivity (Wildman–Crippen MR) is 84.3 cm³/mol. The molecule has 2 rings (SSSR count). The summed E-state index contributed by atoms with van der Waals surface area (Å²) in [6.45, 7) is 3.24. The molecule has 21 heavy (non-hydrogen) atoms. The molecule has 0 aliphatic carbocycles. The lowest BCUT2D eigenvalue weighted by molar-refractivity contribution is 0.0956. The van der Waals surface area contributed by atoms with E-state index in [1.807, 2.05) is 30.8 Å². The fourth-order valence-electron chi connectivity index (χ4n) is 2.10. The van der Waals surface area contributed by atoms with Crippen LogP contribution in [0.1, 0.15) is 23.0 Å². The van der Waals surface area contributed by atoms with Gasteiger partial charge in [0.1, 0.15) is 0 Å². The number of amides is 1. The topological polar surface area (TPSA) is 85.0 Å². The number of anilines is 2. The SMILES string of the molecule is CCNC(=O)c1ccc(NCCc2ccnn2C)c(N)c1. The molecule has 0 saturated carbocycles. The average molecular weight is 287 g/mol. The normalized spacial score (nSPS) is 10.4. The van der Waals surface area contributed by atoms with Crippen molar-refractivity contribution in [3.05, 3.63) is 41.7 Å². The number of carbonyl (C=O) groups excluding carboxylic acids is 1. The molecule has 0 spiro atoms. The molecule has 0 unspecified atom stereocenters. The standard InChI is InChI=1S/C15H21N5O/c1-3-17-15(21)11-4-5-14(13(16)10-11)18-8-6-12-7-9-19-20(12)2/h4-5,7,9-10,18H,3,6,8,16H2,1-2H3,(H,17,21). The van der Waals surface area contributed by atoms with E-state index in [1.54, 1.807) is 18.3 Å². The summed E-state index contributed by atoms with van der Waals surface area (Å²) in [5, 5.41) is 10.2. The largest absolute Gasteiger partial charge is 0.397 e. The van der Waals surface area contributed by atoms with Gasteiger partial charge in [-0.05, 0) is 31.2 Å². The van der Waals surface area contributed by atoms with Gasteiger partial charge < -0.3 is 16.4 Å². The molecule has 6 nitrogen and oxygen atoms in total. The van der Waals surface area contributed by atoms with Crippen molar-refractivity contribution in [2.45, 2.75) is 13.3 Å². The molecule has 4 N–H and O–H groups in total. The highest BCUT2D eigenvalue weighted by atomic mass is 16.1. The van der Waals surface area contributed by atoms with Crippen LogP contribution in [0.4, 0.5) is 11.4 Å². The molecule has 0 aliphatic heterocycles. The summed E-state index contributed by atoms with van der Waals surface area (Å²) in [5.74, 6) is -0.106. The van der Waals surface area contributed by atoms with Crippen LogP contribution in [0.5, 0.6) is 0 Å². The van der Waals surface area contributed by atoms with Gasteiger partial charge in [-0.3, -0.25) is 9.48 Å². The molecule has 2 aromatic rings. The molecular formula is C15H21N5O. The second-order valence-corrected chi connectivity index (χ2v) is 4.78. The van der Waals surface area contributed by atoms with Gasteiger partial charge in [-0.2, -0.15) is 5.10 Å². The van der Waals surface area contributed by atoms with Crippen LogP contribution in [0.15, 0.2) is 30.5 Å². The zero-order valence-electron chi connectivity index (χ0n) is 12.4. The Kier molecular flexibility index (Phi) is 4.81. The molecule has 1 heterocycles. The summed E-state index contributed by atoms with van der Waals surface area (Å²) in [6.07, 6.45) is 2.64. The van der Waals surface area contributed by atoms with E-state index < -0.39 is 0 Å². The van der Waals surface area contributed by atoms with Crippen molar-refractivity contribution in [2.24, 2.45) is 7.05 Å². The Morgan fingerprint density at radius 3 is 2.81 bits per heavy atom. The second-order valence-electron chi connectivity index (χ2n) is 4.78. The molecule has 0 saturated heterocycles. The number of rotatable bonds is 6. The number of carbonyl (C=O) groups is 1. The van der Waals surface area contributed by atoms with Crippen LogP contribution in [0.25, 0.3) is 0 Å². The highest BCUT2D eigenvalue weighted by Gasteiger charge is 2.07. The minimum absolute atomic E-state index is 0.106. The molecule has 0 aliphatic rings. The second kappa shape index (κ2) is 6.78. The quantitative estimate of drug-likeness (QED) is 0.701. The van der Waals surface area contributed by atoms with Crippen LogP contribution >= 0.6 is 0 Å². The number of hydrogen-bond donors (Lipinski definition) is 3. The Morgan fingerprint density at radius 2 is 2.19 bits per heavy atom. The summed E-state index contributed by atoms with van der Waals surface area (Å²) in [4.78, 5) is 11.7. The molecule has 0 fully saturated rings. The van der Waals surface area contributed by atoms with Crippen LogP contribution in [0.2, 0.25) is 0 Å². The maximum absolute atomic E-state index is 11.7. The smallest absolute Gasteiger partial charge is 0.251 e. The van der Waals surface area contributed by atoms with Crippen LogP contribution in [0.3, 0.4) is 0 Å². The molecule has 0 bridgehead atoms. The number of hydrogen-bond acceptors (Lipinski definition) is 4. The van der Waals surface area contributed by atoms with Crippen LogP contribution < -0.4 is 16.4 Å². The first kappa shape index (κ1) is 14.9. The van der Waals surface area contributed by atoms with Gasteiger partial charge in [0.2, 0.25) is 0 Å². The molecular weight excluding hydrogens is 266 g/mol. The van der Waals surface area contributed by atoms with E-state index in [1.165, 1.54) is 0 Å². The number of nitrogens with zero attached hydrogens (tertiary/aromatic N) is 2. The van der Waals surface area contributed by atoms with Crippen molar-refractivity contribution < 1.29 is 4.79 Å². The lowest BCUT2D eigenvalue weighted by Gasteiger charge is -2.11. The average Bonchev–Trinajstić information content (AvgIpc) is 2.86. The first-order valence-electron chi connectivity index (χ1n) is 7.00. The zero-order chi connectivity index (χ0) is 15.2. The number of nitrogens with one attached hydrogen (secondary N) is 2. The first-order chi connectivity index (χ1) is 10.1. The minimum Gasteiger partial charge on any atom is -0.397 e. The number of aryl methyl sites for hydroxylation is 1. The van der Waals surface area contributed by atoms with Crippen molar-refractivity contribution in [1.82, 2.24) is 15.1 Å². The van der Waals surface area contributed by atoms with Gasteiger partial charge in [-0.25, -0.2) is 0 Å². The highest BCUT2D eigenvalue weighted by molar-refractivity contribution is 5.96. The molecule has 0 atom stereocenters. The van der Waals surface area contributed by atoms with Crippen molar-refractivity contribution in [2.75, 3.05) is 24.1 Å².